The molecule has 3 saturated heterocycles. The molecule has 0 saturated carbocycles. The monoisotopic (exact) mass is 541 g/mol. The molecule has 0 aliphatic carbocycles. The Morgan fingerprint density at radius 2 is 1.16 bits per heavy atom. The van der Waals surface area contributed by atoms with E-state index in [0.717, 1.165) is 0 Å². The Morgan fingerprint density at radius 3 is 1.73 bits per heavy atom. The number of hydrogen-bond acceptors (Lipinski definition) is 16. The number of aliphatic hydroxyl groups excluding tert-OH is 7. The van der Waals surface area contributed by atoms with Crippen LogP contribution in [0.5, 0.6) is 0 Å². The zero-order chi connectivity index (χ0) is 27.4. The Morgan fingerprint density at radius 1 is 0.649 bits per heavy atom. The van der Waals surface area contributed by atoms with Crippen LogP contribution in [0.25, 0.3) is 0 Å². The zero-order valence-electron chi connectivity index (χ0n) is 20.1. The van der Waals surface area contributed by atoms with E-state index in [-0.39, 0.29) is 6.61 Å². The summed E-state index contributed by atoms with van der Waals surface area (Å²) in [5.41, 5.74) is 18.1. The molecular formula is C21H39N3O13. The van der Waals surface area contributed by atoms with Gasteiger partial charge in [-0.2, -0.15) is 0 Å². The van der Waals surface area contributed by atoms with E-state index in [2.05, 4.69) is 6.58 Å². The van der Waals surface area contributed by atoms with E-state index in [1.54, 1.807) is 0 Å². The van der Waals surface area contributed by atoms with Crippen LogP contribution in [0.4, 0.5) is 0 Å². The van der Waals surface area contributed by atoms with Gasteiger partial charge in [-0.05, 0) is 0 Å². The van der Waals surface area contributed by atoms with Crippen molar-refractivity contribution in [1.82, 2.24) is 0 Å². The van der Waals surface area contributed by atoms with Crippen molar-refractivity contribution < 1.29 is 64.2 Å². The molecule has 0 amide bonds. The van der Waals surface area contributed by atoms with Crippen molar-refractivity contribution in [2.45, 2.75) is 91.9 Å². The van der Waals surface area contributed by atoms with Gasteiger partial charge in [-0.15, -0.1) is 6.58 Å². The third-order valence-corrected chi connectivity index (χ3v) is 6.71. The van der Waals surface area contributed by atoms with Gasteiger partial charge < -0.3 is 81.4 Å². The minimum Gasteiger partial charge on any atom is -0.394 e. The van der Waals surface area contributed by atoms with Gasteiger partial charge in [-0.25, -0.2) is 0 Å². The summed E-state index contributed by atoms with van der Waals surface area (Å²) in [4.78, 5) is 0. The molecule has 3 heterocycles. The summed E-state index contributed by atoms with van der Waals surface area (Å²) in [6.07, 6.45) is -14.3. The Bertz CT molecular complexity index is 721. The standard InChI is InChI=1S/C21H39N3O13/c1-2-3-32-18-12(24)19(31)33-9(6-27)17(18)37-21-11(23)15(30)16(8(5-26)35-21)36-20-10(22)14(29)13(28)7(4-25)34-20/h2,7-21,25-31H,1,3-6,22-24H2/t7-,8-,9-,10-,11-,12-,13-,14-,15-,16?,17?,18-,19-,20+,21+/m1/s1. The van der Waals surface area contributed by atoms with Crippen LogP contribution in [-0.2, 0) is 28.4 Å². The summed E-state index contributed by atoms with van der Waals surface area (Å²) in [5.74, 6) is 0. The highest BCUT2D eigenvalue weighted by molar-refractivity contribution is 4.99. The van der Waals surface area contributed by atoms with Crippen LogP contribution in [0, 0.1) is 0 Å². The predicted octanol–water partition coefficient (Wildman–Crippen LogP) is -6.46. The minimum atomic E-state index is -1.54. The number of hydrogen-bond donors (Lipinski definition) is 10. The molecule has 2 unspecified atom stereocenters. The number of rotatable bonds is 10. The summed E-state index contributed by atoms with van der Waals surface area (Å²) >= 11 is 0. The van der Waals surface area contributed by atoms with Crippen molar-refractivity contribution in [3.63, 3.8) is 0 Å². The van der Waals surface area contributed by atoms with E-state index in [9.17, 15) is 35.7 Å². The number of ether oxygens (including phenoxy) is 6. The number of aliphatic hydroxyl groups is 7. The zero-order valence-corrected chi connectivity index (χ0v) is 20.1. The molecule has 3 aliphatic rings. The number of nitrogens with two attached hydrogens (primary N) is 3. The molecule has 13 N–H and O–H groups in total. The first-order chi connectivity index (χ1) is 17.6. The minimum absolute atomic E-state index is 0.0372. The fourth-order valence-electron chi connectivity index (χ4n) is 4.55. The Balaban J connectivity index is 1.75. The summed E-state index contributed by atoms with van der Waals surface area (Å²) < 4.78 is 33.8. The van der Waals surface area contributed by atoms with Gasteiger partial charge in [0.05, 0.1) is 44.6 Å². The van der Waals surface area contributed by atoms with E-state index >= 15 is 0 Å². The third-order valence-electron chi connectivity index (χ3n) is 6.71. The quantitative estimate of drug-likeness (QED) is 0.115. The lowest BCUT2D eigenvalue weighted by Gasteiger charge is -2.49. The molecule has 16 nitrogen and oxygen atoms in total. The molecule has 0 aromatic carbocycles. The average Bonchev–Trinajstić information content (AvgIpc) is 2.89. The van der Waals surface area contributed by atoms with Gasteiger partial charge in [-0.1, -0.05) is 6.08 Å². The highest BCUT2D eigenvalue weighted by Gasteiger charge is 2.52. The summed E-state index contributed by atoms with van der Waals surface area (Å²) in [6.45, 7) is 1.69. The summed E-state index contributed by atoms with van der Waals surface area (Å²) in [6, 6.07) is -3.64. The van der Waals surface area contributed by atoms with Crippen LogP contribution < -0.4 is 17.2 Å². The van der Waals surface area contributed by atoms with Crippen LogP contribution in [0.15, 0.2) is 12.7 Å². The fourth-order valence-corrected chi connectivity index (χ4v) is 4.55. The molecule has 0 aromatic rings. The molecule has 3 aliphatic heterocycles. The smallest absolute Gasteiger partial charge is 0.176 e. The van der Waals surface area contributed by atoms with Crippen LogP contribution >= 0.6 is 0 Å². The maximum atomic E-state index is 11.0. The Hall–Kier alpha value is -0.900. The van der Waals surface area contributed by atoms with E-state index < -0.39 is 112 Å². The molecular weight excluding hydrogens is 502 g/mol. The van der Waals surface area contributed by atoms with Gasteiger partial charge in [0.25, 0.3) is 0 Å². The predicted molar refractivity (Wildman–Crippen MR) is 121 cm³/mol. The first-order valence-electron chi connectivity index (χ1n) is 11.9. The molecule has 3 rings (SSSR count). The van der Waals surface area contributed by atoms with Gasteiger partial charge in [0.1, 0.15) is 54.9 Å². The molecule has 3 fully saturated rings. The van der Waals surface area contributed by atoms with Crippen molar-refractivity contribution in [2.24, 2.45) is 17.2 Å². The van der Waals surface area contributed by atoms with Gasteiger partial charge >= 0.3 is 0 Å². The normalized spacial score (nSPS) is 49.1. The average molecular weight is 542 g/mol. The van der Waals surface area contributed by atoms with Crippen molar-refractivity contribution in [1.29, 1.82) is 0 Å². The highest BCUT2D eigenvalue weighted by Crippen LogP contribution is 2.31. The van der Waals surface area contributed by atoms with E-state index in [4.69, 9.17) is 45.6 Å². The maximum Gasteiger partial charge on any atom is 0.176 e. The van der Waals surface area contributed by atoms with Crippen LogP contribution in [0.2, 0.25) is 0 Å². The SMILES string of the molecule is C=CCO[C@H]1C(O[C@@H]2O[C@H](CO)C(O[C@@H]3O[C@H](CO)[C@@H](O)[C@H](O)[C@H]3N)[C@H](O)[C@H]2N)[C@@H](CO)O[C@@H](O)[C@@H]1N. The van der Waals surface area contributed by atoms with Crippen LogP contribution in [0.3, 0.4) is 0 Å². The second-order valence-electron chi connectivity index (χ2n) is 9.19. The van der Waals surface area contributed by atoms with Gasteiger partial charge in [-0.3, -0.25) is 0 Å². The molecule has 37 heavy (non-hydrogen) atoms. The van der Waals surface area contributed by atoms with Crippen LogP contribution in [0.1, 0.15) is 0 Å². The second kappa shape index (κ2) is 13.4. The largest absolute Gasteiger partial charge is 0.394 e. The molecule has 15 atom stereocenters. The molecule has 0 aromatic heterocycles. The molecule has 216 valence electrons. The second-order valence-corrected chi connectivity index (χ2v) is 9.19. The lowest BCUT2D eigenvalue weighted by Crippen LogP contribution is -2.69. The molecule has 0 spiro atoms. The van der Waals surface area contributed by atoms with E-state index in [1.807, 2.05) is 0 Å². The highest BCUT2D eigenvalue weighted by atomic mass is 16.7. The first kappa shape index (κ1) is 30.6. The summed E-state index contributed by atoms with van der Waals surface area (Å²) in [5, 5.41) is 70.4. The third kappa shape index (κ3) is 6.47. The van der Waals surface area contributed by atoms with Crippen molar-refractivity contribution >= 4 is 0 Å². The van der Waals surface area contributed by atoms with Gasteiger partial charge in [0.2, 0.25) is 0 Å². The van der Waals surface area contributed by atoms with E-state index in [0.29, 0.717) is 0 Å². The van der Waals surface area contributed by atoms with Gasteiger partial charge in [0, 0.05) is 0 Å². The van der Waals surface area contributed by atoms with Crippen molar-refractivity contribution in [2.75, 3.05) is 26.4 Å². The maximum absolute atomic E-state index is 11.0. The molecule has 16 heteroatoms. The van der Waals surface area contributed by atoms with Crippen molar-refractivity contribution in [3.05, 3.63) is 12.7 Å². The van der Waals surface area contributed by atoms with Gasteiger partial charge in [0.15, 0.2) is 18.9 Å². The van der Waals surface area contributed by atoms with E-state index in [1.165, 1.54) is 6.08 Å². The first-order valence-corrected chi connectivity index (χ1v) is 11.9. The van der Waals surface area contributed by atoms with Crippen LogP contribution in [-0.4, -0.2) is 154 Å². The molecule has 0 bridgehead atoms. The van der Waals surface area contributed by atoms with Crippen molar-refractivity contribution in [3.8, 4) is 0 Å². The molecule has 0 radical (unpaired) electrons. The topological polar surface area (TPSA) is 275 Å². The lowest BCUT2D eigenvalue weighted by molar-refractivity contribution is -0.349. The Kier molecular flexibility index (Phi) is 11.1. The fraction of sp³-hybridized carbons (Fsp3) is 0.905. The lowest BCUT2D eigenvalue weighted by atomic mass is 9.94. The summed E-state index contributed by atoms with van der Waals surface area (Å²) in [7, 11) is 0. The Labute approximate surface area is 213 Å².